The lowest BCUT2D eigenvalue weighted by molar-refractivity contribution is 0.514. The maximum Gasteiger partial charge on any atom is 0.419 e. The number of oxazole rings is 1. The zero-order valence-electron chi connectivity index (χ0n) is 16.2. The molecule has 0 atom stereocenters. The molecule has 0 saturated heterocycles. The van der Waals surface area contributed by atoms with Crippen LogP contribution >= 0.6 is 23.4 Å². The van der Waals surface area contributed by atoms with E-state index in [1.165, 1.54) is 11.8 Å². The Labute approximate surface area is 185 Å². The van der Waals surface area contributed by atoms with Gasteiger partial charge in [0.2, 0.25) is 0 Å². The highest BCUT2D eigenvalue weighted by Crippen LogP contribution is 2.23. The molecule has 2 heterocycles. The van der Waals surface area contributed by atoms with Crippen molar-refractivity contribution in [2.75, 3.05) is 5.75 Å². The summed E-state index contributed by atoms with van der Waals surface area (Å²) in [7, 11) is 0. The molecule has 0 bridgehead atoms. The quantitative estimate of drug-likeness (QED) is 0.286. The molecule has 0 unspecified atom stereocenters. The monoisotopic (exact) mass is 449 g/mol. The fraction of sp³-hybridized carbons (Fsp3) is 0.0870. The summed E-state index contributed by atoms with van der Waals surface area (Å²) >= 11 is 7.57. The van der Waals surface area contributed by atoms with Gasteiger partial charge in [0.05, 0.1) is 22.1 Å². The van der Waals surface area contributed by atoms with E-state index in [0.29, 0.717) is 44.7 Å². The zero-order chi connectivity index (χ0) is 21.4. The molecule has 5 rings (SSSR count). The Morgan fingerprint density at radius 1 is 0.968 bits per heavy atom. The van der Waals surface area contributed by atoms with Crippen molar-refractivity contribution in [3.8, 4) is 5.69 Å². The Morgan fingerprint density at radius 2 is 1.77 bits per heavy atom. The third kappa shape index (κ3) is 3.66. The van der Waals surface area contributed by atoms with Crippen LogP contribution in [0.2, 0.25) is 5.02 Å². The summed E-state index contributed by atoms with van der Waals surface area (Å²) in [6.07, 6.45) is 0. The van der Waals surface area contributed by atoms with E-state index in [0.717, 1.165) is 5.52 Å². The number of halogens is 1. The lowest BCUT2D eigenvalue weighted by Gasteiger charge is -2.13. The van der Waals surface area contributed by atoms with Crippen LogP contribution in [0, 0.1) is 0 Å². The Kier molecular flexibility index (Phi) is 5.13. The standard InChI is InChI=1S/C23H16ClN3O3S/c24-15-6-5-7-16(14-15)27-21(28)17-8-1-2-9-18(17)25-22(27)31-13-12-26-19-10-3-4-11-20(19)30-23(26)29/h1-11,14H,12-13H2. The van der Waals surface area contributed by atoms with Gasteiger partial charge >= 0.3 is 5.76 Å². The van der Waals surface area contributed by atoms with Crippen molar-refractivity contribution >= 4 is 45.4 Å². The fourth-order valence-corrected chi connectivity index (χ4v) is 4.63. The highest BCUT2D eigenvalue weighted by Gasteiger charge is 2.14. The fourth-order valence-electron chi connectivity index (χ4n) is 3.51. The molecule has 31 heavy (non-hydrogen) atoms. The van der Waals surface area contributed by atoms with Crippen LogP contribution in [0.5, 0.6) is 0 Å². The average Bonchev–Trinajstić information content (AvgIpc) is 3.09. The Morgan fingerprint density at radius 3 is 2.65 bits per heavy atom. The highest BCUT2D eigenvalue weighted by atomic mass is 35.5. The molecule has 0 spiro atoms. The van der Waals surface area contributed by atoms with Gasteiger partial charge in [0.25, 0.3) is 5.56 Å². The van der Waals surface area contributed by atoms with Crippen LogP contribution in [-0.4, -0.2) is 19.9 Å². The second-order valence-corrected chi connectivity index (χ2v) is 8.37. The number of fused-ring (bicyclic) bond motifs is 2. The first kappa shape index (κ1) is 19.7. The van der Waals surface area contributed by atoms with E-state index in [2.05, 4.69) is 0 Å². The summed E-state index contributed by atoms with van der Waals surface area (Å²) in [6.45, 7) is 0.415. The molecule has 0 aliphatic rings. The van der Waals surface area contributed by atoms with Gasteiger partial charge in [-0.2, -0.15) is 0 Å². The minimum atomic E-state index is -0.402. The van der Waals surface area contributed by atoms with Crippen LogP contribution in [0.3, 0.4) is 0 Å². The summed E-state index contributed by atoms with van der Waals surface area (Å²) in [4.78, 5) is 30.2. The lowest BCUT2D eigenvalue weighted by atomic mass is 10.2. The Hall–Kier alpha value is -3.29. The van der Waals surface area contributed by atoms with Gasteiger partial charge in [-0.1, -0.05) is 53.7 Å². The zero-order valence-corrected chi connectivity index (χ0v) is 17.8. The molecular formula is C23H16ClN3O3S. The van der Waals surface area contributed by atoms with Crippen molar-refractivity contribution in [2.24, 2.45) is 0 Å². The van der Waals surface area contributed by atoms with Gasteiger partial charge in [0, 0.05) is 17.3 Å². The first-order valence-corrected chi connectivity index (χ1v) is 11.0. The predicted octanol–water partition coefficient (Wildman–Crippen LogP) is 4.74. The summed E-state index contributed by atoms with van der Waals surface area (Å²) in [5.74, 6) is 0.120. The normalized spacial score (nSPS) is 11.4. The van der Waals surface area contributed by atoms with Crippen molar-refractivity contribution in [3.05, 3.63) is 98.7 Å². The smallest absolute Gasteiger partial charge is 0.408 e. The van der Waals surface area contributed by atoms with E-state index >= 15 is 0 Å². The van der Waals surface area contributed by atoms with Crippen molar-refractivity contribution in [2.45, 2.75) is 11.7 Å². The summed E-state index contributed by atoms with van der Waals surface area (Å²) < 4.78 is 8.45. The Bertz CT molecular complexity index is 1540. The third-order valence-corrected chi connectivity index (χ3v) is 6.08. The topological polar surface area (TPSA) is 70.0 Å². The third-order valence-electron chi connectivity index (χ3n) is 4.93. The molecule has 0 amide bonds. The maximum atomic E-state index is 13.3. The molecule has 0 radical (unpaired) electrons. The largest absolute Gasteiger partial charge is 0.419 e. The van der Waals surface area contributed by atoms with Crippen molar-refractivity contribution in [3.63, 3.8) is 0 Å². The Balaban J connectivity index is 1.54. The van der Waals surface area contributed by atoms with Gasteiger partial charge in [-0.25, -0.2) is 9.78 Å². The average molecular weight is 450 g/mol. The van der Waals surface area contributed by atoms with Crippen LogP contribution in [-0.2, 0) is 6.54 Å². The SMILES string of the molecule is O=c1c2ccccc2nc(SCCn2c(=O)oc3ccccc32)n1-c1cccc(Cl)c1. The number of aromatic nitrogens is 3. The van der Waals surface area contributed by atoms with E-state index in [1.54, 1.807) is 39.5 Å². The molecule has 3 aromatic carbocycles. The van der Waals surface area contributed by atoms with E-state index in [9.17, 15) is 9.59 Å². The molecule has 0 aliphatic carbocycles. The van der Waals surface area contributed by atoms with Crippen molar-refractivity contribution < 1.29 is 4.42 Å². The van der Waals surface area contributed by atoms with Gasteiger partial charge < -0.3 is 4.42 Å². The molecule has 154 valence electrons. The number of thioether (sulfide) groups is 1. The summed E-state index contributed by atoms with van der Waals surface area (Å²) in [5.41, 5.74) is 2.40. The summed E-state index contributed by atoms with van der Waals surface area (Å²) in [5, 5.41) is 1.60. The molecule has 2 aromatic heterocycles. The molecule has 8 heteroatoms. The number of hydrogen-bond donors (Lipinski definition) is 0. The van der Waals surface area contributed by atoms with Crippen LogP contribution in [0.1, 0.15) is 0 Å². The van der Waals surface area contributed by atoms with E-state index in [1.807, 2.05) is 42.5 Å². The van der Waals surface area contributed by atoms with Gasteiger partial charge in [-0.3, -0.25) is 13.9 Å². The first-order valence-electron chi connectivity index (χ1n) is 9.61. The van der Waals surface area contributed by atoms with E-state index in [-0.39, 0.29) is 5.56 Å². The van der Waals surface area contributed by atoms with Crippen LogP contribution < -0.4 is 11.3 Å². The molecule has 0 N–H and O–H groups in total. The van der Waals surface area contributed by atoms with E-state index in [4.69, 9.17) is 21.0 Å². The number of nitrogens with zero attached hydrogens (tertiary/aromatic N) is 3. The number of hydrogen-bond acceptors (Lipinski definition) is 5. The molecular weight excluding hydrogens is 434 g/mol. The highest BCUT2D eigenvalue weighted by molar-refractivity contribution is 7.99. The lowest BCUT2D eigenvalue weighted by Crippen LogP contribution is -2.22. The van der Waals surface area contributed by atoms with E-state index < -0.39 is 5.76 Å². The predicted molar refractivity (Wildman–Crippen MR) is 124 cm³/mol. The second kappa shape index (κ2) is 8.09. The van der Waals surface area contributed by atoms with Gasteiger partial charge in [0.1, 0.15) is 0 Å². The van der Waals surface area contributed by atoms with Crippen molar-refractivity contribution in [1.82, 2.24) is 14.1 Å². The van der Waals surface area contributed by atoms with Gasteiger partial charge in [-0.05, 0) is 42.5 Å². The van der Waals surface area contributed by atoms with Crippen LogP contribution in [0.4, 0.5) is 0 Å². The maximum absolute atomic E-state index is 13.3. The second-order valence-electron chi connectivity index (χ2n) is 6.87. The molecule has 5 aromatic rings. The number of benzene rings is 3. The molecule has 6 nitrogen and oxygen atoms in total. The minimum Gasteiger partial charge on any atom is -0.408 e. The summed E-state index contributed by atoms with van der Waals surface area (Å²) in [6, 6.07) is 21.7. The van der Waals surface area contributed by atoms with Crippen molar-refractivity contribution in [1.29, 1.82) is 0 Å². The number of para-hydroxylation sites is 3. The van der Waals surface area contributed by atoms with Crippen LogP contribution in [0.25, 0.3) is 27.7 Å². The number of rotatable bonds is 5. The van der Waals surface area contributed by atoms with Crippen LogP contribution in [0.15, 0.2) is 92.0 Å². The minimum absolute atomic E-state index is 0.165. The van der Waals surface area contributed by atoms with Gasteiger partial charge in [-0.15, -0.1) is 0 Å². The van der Waals surface area contributed by atoms with Gasteiger partial charge in [0.15, 0.2) is 10.7 Å². The molecule has 0 saturated carbocycles. The first-order chi connectivity index (χ1) is 15.1. The molecule has 0 aliphatic heterocycles. The molecule has 0 fully saturated rings. The number of aryl methyl sites for hydroxylation is 1.